The summed E-state index contributed by atoms with van der Waals surface area (Å²) in [6.07, 6.45) is 0. The molecule has 0 aliphatic rings. The van der Waals surface area contributed by atoms with Crippen LogP contribution in [0.4, 0.5) is 5.69 Å². The van der Waals surface area contributed by atoms with Gasteiger partial charge in [0.2, 0.25) is 0 Å². The molecule has 0 radical (unpaired) electrons. The number of nitrogens with one attached hydrogen (secondary N) is 1. The second kappa shape index (κ2) is 7.04. The number of hydrogen-bond donors (Lipinski definition) is 1. The van der Waals surface area contributed by atoms with Crippen LogP contribution >= 0.6 is 15.9 Å². The monoisotopic (exact) mass is 347 g/mol. The van der Waals surface area contributed by atoms with Crippen molar-refractivity contribution in [3.8, 4) is 5.75 Å². The van der Waals surface area contributed by atoms with E-state index < -0.39 is 0 Å². The van der Waals surface area contributed by atoms with Crippen molar-refractivity contribution in [2.24, 2.45) is 0 Å². The molecule has 0 aliphatic carbocycles. The van der Waals surface area contributed by atoms with Gasteiger partial charge in [0.1, 0.15) is 5.75 Å². The molecule has 5 heteroatoms. The first-order chi connectivity index (χ1) is 10.1. The Labute approximate surface area is 131 Å². The molecule has 21 heavy (non-hydrogen) atoms. The van der Waals surface area contributed by atoms with Crippen molar-refractivity contribution < 1.29 is 14.3 Å². The number of Topliss-reactive ketones (excluding diaryl/α,β-unsaturated/α-hetero) is 1. The number of para-hydroxylation sites is 1. The lowest BCUT2D eigenvalue weighted by Gasteiger charge is -2.10. The lowest BCUT2D eigenvalue weighted by Crippen LogP contribution is -2.20. The molecular formula is C16H14BrNO3. The largest absolute Gasteiger partial charge is 0.483 e. The summed E-state index contributed by atoms with van der Waals surface area (Å²) in [6, 6.07) is 14.1. The Balaban J connectivity index is 1.95. The molecule has 0 aliphatic heterocycles. The van der Waals surface area contributed by atoms with E-state index in [0.717, 1.165) is 4.47 Å². The van der Waals surface area contributed by atoms with E-state index in [4.69, 9.17) is 4.74 Å². The number of hydrogen-bond acceptors (Lipinski definition) is 3. The molecule has 0 unspecified atom stereocenters. The van der Waals surface area contributed by atoms with E-state index in [1.807, 2.05) is 12.1 Å². The molecule has 0 bridgehead atoms. The van der Waals surface area contributed by atoms with Gasteiger partial charge in [-0.25, -0.2) is 0 Å². The summed E-state index contributed by atoms with van der Waals surface area (Å²) in [6.45, 7) is 1.31. The van der Waals surface area contributed by atoms with Crippen LogP contribution in [0.5, 0.6) is 5.75 Å². The number of anilines is 1. The van der Waals surface area contributed by atoms with Crippen LogP contribution in [0.3, 0.4) is 0 Å². The van der Waals surface area contributed by atoms with Crippen molar-refractivity contribution in [3.05, 3.63) is 58.6 Å². The minimum absolute atomic E-state index is 0.0982. The van der Waals surface area contributed by atoms with Gasteiger partial charge >= 0.3 is 0 Å². The highest BCUT2D eigenvalue weighted by molar-refractivity contribution is 9.10. The molecule has 2 aromatic rings. The first-order valence-electron chi connectivity index (χ1n) is 6.34. The quantitative estimate of drug-likeness (QED) is 0.839. The highest BCUT2D eigenvalue weighted by atomic mass is 79.9. The Kier molecular flexibility index (Phi) is 5.11. The molecule has 0 atom stereocenters. The average molecular weight is 348 g/mol. The fourth-order valence-electron chi connectivity index (χ4n) is 1.76. The number of halogens is 1. The summed E-state index contributed by atoms with van der Waals surface area (Å²) in [7, 11) is 0. The van der Waals surface area contributed by atoms with Gasteiger partial charge in [-0.2, -0.15) is 0 Å². The van der Waals surface area contributed by atoms with Gasteiger partial charge in [-0.15, -0.1) is 0 Å². The Morgan fingerprint density at radius 2 is 1.76 bits per heavy atom. The Bertz CT molecular complexity index is 653. The van der Waals surface area contributed by atoms with Crippen molar-refractivity contribution in [2.45, 2.75) is 6.92 Å². The van der Waals surface area contributed by atoms with Crippen LogP contribution in [0.25, 0.3) is 0 Å². The van der Waals surface area contributed by atoms with Crippen LogP contribution in [0, 0.1) is 0 Å². The SMILES string of the molecule is CC(=O)c1ccccc1OCC(=O)Nc1ccc(Br)cc1. The molecule has 2 aromatic carbocycles. The van der Waals surface area contributed by atoms with Crippen LogP contribution in [-0.4, -0.2) is 18.3 Å². The Hall–Kier alpha value is -2.14. The highest BCUT2D eigenvalue weighted by Gasteiger charge is 2.09. The molecular weight excluding hydrogens is 334 g/mol. The lowest BCUT2D eigenvalue weighted by atomic mass is 10.1. The topological polar surface area (TPSA) is 55.4 Å². The number of carbonyl (C=O) groups excluding carboxylic acids is 2. The molecule has 108 valence electrons. The molecule has 0 fully saturated rings. The molecule has 0 saturated heterocycles. The Morgan fingerprint density at radius 1 is 1.10 bits per heavy atom. The first-order valence-corrected chi connectivity index (χ1v) is 7.14. The number of rotatable bonds is 5. The van der Waals surface area contributed by atoms with E-state index in [2.05, 4.69) is 21.2 Å². The molecule has 0 saturated carbocycles. The van der Waals surface area contributed by atoms with Crippen LogP contribution in [0.2, 0.25) is 0 Å². The first kappa shape index (κ1) is 15.3. The molecule has 0 aromatic heterocycles. The maximum Gasteiger partial charge on any atom is 0.262 e. The zero-order valence-corrected chi connectivity index (χ0v) is 13.0. The zero-order valence-electron chi connectivity index (χ0n) is 11.4. The van der Waals surface area contributed by atoms with Crippen molar-refractivity contribution in [3.63, 3.8) is 0 Å². The number of ketones is 1. The van der Waals surface area contributed by atoms with Gasteiger partial charge in [-0.05, 0) is 43.3 Å². The number of carbonyl (C=O) groups is 2. The van der Waals surface area contributed by atoms with E-state index in [-0.39, 0.29) is 18.3 Å². The molecule has 0 heterocycles. The van der Waals surface area contributed by atoms with Crippen molar-refractivity contribution in [1.82, 2.24) is 0 Å². The van der Waals surface area contributed by atoms with E-state index in [1.54, 1.807) is 36.4 Å². The molecule has 1 N–H and O–H groups in total. The Morgan fingerprint density at radius 3 is 2.43 bits per heavy atom. The molecule has 4 nitrogen and oxygen atoms in total. The van der Waals surface area contributed by atoms with E-state index in [0.29, 0.717) is 17.0 Å². The van der Waals surface area contributed by atoms with E-state index >= 15 is 0 Å². The summed E-state index contributed by atoms with van der Waals surface area (Å²) in [5.41, 5.74) is 1.15. The third-order valence-corrected chi connectivity index (χ3v) is 3.28. The van der Waals surface area contributed by atoms with Gasteiger partial charge in [0.25, 0.3) is 5.91 Å². The standard InChI is InChI=1S/C16H14BrNO3/c1-11(19)14-4-2-3-5-15(14)21-10-16(20)18-13-8-6-12(17)7-9-13/h2-9H,10H2,1H3,(H,18,20). The molecule has 2 rings (SSSR count). The second-order valence-electron chi connectivity index (χ2n) is 4.40. The van der Waals surface area contributed by atoms with Crippen LogP contribution in [-0.2, 0) is 4.79 Å². The van der Waals surface area contributed by atoms with E-state index in [9.17, 15) is 9.59 Å². The summed E-state index contributed by atoms with van der Waals surface area (Å²) in [5.74, 6) is 0.0329. The van der Waals surface area contributed by atoms with Gasteiger partial charge in [-0.3, -0.25) is 9.59 Å². The van der Waals surface area contributed by atoms with Crippen molar-refractivity contribution in [2.75, 3.05) is 11.9 Å². The smallest absolute Gasteiger partial charge is 0.262 e. The van der Waals surface area contributed by atoms with Gasteiger partial charge in [-0.1, -0.05) is 28.1 Å². The molecule has 0 spiro atoms. The molecule has 1 amide bonds. The number of amides is 1. The van der Waals surface area contributed by atoms with E-state index in [1.165, 1.54) is 6.92 Å². The predicted molar refractivity (Wildman–Crippen MR) is 84.7 cm³/mol. The second-order valence-corrected chi connectivity index (χ2v) is 5.31. The average Bonchev–Trinajstić information content (AvgIpc) is 2.48. The zero-order chi connectivity index (χ0) is 15.2. The lowest BCUT2D eigenvalue weighted by molar-refractivity contribution is -0.118. The highest BCUT2D eigenvalue weighted by Crippen LogP contribution is 2.18. The minimum atomic E-state index is -0.282. The van der Waals surface area contributed by atoms with Crippen LogP contribution in [0.1, 0.15) is 17.3 Å². The fourth-order valence-corrected chi connectivity index (χ4v) is 2.02. The van der Waals surface area contributed by atoms with Crippen LogP contribution < -0.4 is 10.1 Å². The summed E-state index contributed by atoms with van der Waals surface area (Å²) in [4.78, 5) is 23.3. The fraction of sp³-hybridized carbons (Fsp3) is 0.125. The van der Waals surface area contributed by atoms with Crippen molar-refractivity contribution in [1.29, 1.82) is 0 Å². The maximum atomic E-state index is 11.8. The summed E-state index contributed by atoms with van der Waals surface area (Å²) in [5, 5.41) is 2.72. The maximum absolute atomic E-state index is 11.8. The van der Waals surface area contributed by atoms with Gasteiger partial charge in [0.05, 0.1) is 5.56 Å². The van der Waals surface area contributed by atoms with Gasteiger partial charge in [0.15, 0.2) is 12.4 Å². The summed E-state index contributed by atoms with van der Waals surface area (Å²) >= 11 is 3.33. The third kappa shape index (κ3) is 4.43. The van der Waals surface area contributed by atoms with Gasteiger partial charge in [0, 0.05) is 10.2 Å². The normalized spacial score (nSPS) is 10.0. The predicted octanol–water partition coefficient (Wildman–Crippen LogP) is 3.67. The van der Waals surface area contributed by atoms with Crippen LogP contribution in [0.15, 0.2) is 53.0 Å². The minimum Gasteiger partial charge on any atom is -0.483 e. The third-order valence-electron chi connectivity index (χ3n) is 2.75. The van der Waals surface area contributed by atoms with Crippen molar-refractivity contribution >= 4 is 33.3 Å². The van der Waals surface area contributed by atoms with Gasteiger partial charge < -0.3 is 10.1 Å². The number of benzene rings is 2. The summed E-state index contributed by atoms with van der Waals surface area (Å²) < 4.78 is 6.35. The number of ether oxygens (including phenoxy) is 1.